The molecule has 0 bridgehead atoms. The lowest BCUT2D eigenvalue weighted by atomic mass is 9.85. The molecule has 0 aliphatic carbocycles. The second-order valence-corrected chi connectivity index (χ2v) is 9.20. The predicted octanol–water partition coefficient (Wildman–Crippen LogP) is 2.32. The first-order chi connectivity index (χ1) is 16.4. The lowest BCUT2D eigenvalue weighted by Gasteiger charge is -2.40. The largest absolute Gasteiger partial charge is 0.486 e. The Kier molecular flexibility index (Phi) is 5.92. The average Bonchev–Trinajstić information content (AvgIpc) is 3.32. The number of aliphatic carboxylic acids is 1. The molecule has 1 saturated heterocycles. The Bertz CT molecular complexity index is 1240. The van der Waals surface area contributed by atoms with Gasteiger partial charge < -0.3 is 19.9 Å². The Morgan fingerprint density at radius 3 is 2.94 bits per heavy atom. The van der Waals surface area contributed by atoms with Crippen molar-refractivity contribution in [2.75, 3.05) is 31.2 Å². The highest BCUT2D eigenvalue weighted by Gasteiger charge is 2.50. The van der Waals surface area contributed by atoms with Crippen molar-refractivity contribution in [3.8, 4) is 11.5 Å². The van der Waals surface area contributed by atoms with Gasteiger partial charge in [0, 0.05) is 29.6 Å². The molecule has 2 unspecified atom stereocenters. The molecule has 2 atom stereocenters. The number of ether oxygens (including phenoxy) is 2. The van der Waals surface area contributed by atoms with Gasteiger partial charge in [0.15, 0.2) is 11.5 Å². The van der Waals surface area contributed by atoms with E-state index in [1.165, 1.54) is 16.2 Å². The summed E-state index contributed by atoms with van der Waals surface area (Å²) in [5.41, 5.74) is -0.465. The van der Waals surface area contributed by atoms with Crippen LogP contribution in [-0.2, 0) is 11.2 Å². The molecule has 2 aliphatic rings. The van der Waals surface area contributed by atoms with Gasteiger partial charge in [-0.3, -0.25) is 19.8 Å². The number of nitrogens with one attached hydrogen (secondary N) is 1. The first-order valence-corrected chi connectivity index (χ1v) is 11.8. The molecule has 12 heteroatoms. The molecule has 2 aliphatic heterocycles. The van der Waals surface area contributed by atoms with E-state index in [0.29, 0.717) is 37.7 Å². The van der Waals surface area contributed by atoms with Gasteiger partial charge in [-0.1, -0.05) is 6.07 Å². The van der Waals surface area contributed by atoms with E-state index in [0.717, 1.165) is 15.8 Å². The summed E-state index contributed by atoms with van der Waals surface area (Å²) in [6.07, 6.45) is 0.887. The summed E-state index contributed by atoms with van der Waals surface area (Å²) in [6, 6.07) is 7.50. The zero-order chi connectivity index (χ0) is 23.7. The maximum Gasteiger partial charge on any atom is 0.324 e. The van der Waals surface area contributed by atoms with Crippen molar-refractivity contribution in [3.05, 3.63) is 51.5 Å². The number of fused-ring (bicyclic) bond motifs is 2. The predicted molar refractivity (Wildman–Crippen MR) is 124 cm³/mol. The summed E-state index contributed by atoms with van der Waals surface area (Å²) in [6.45, 7) is 1.48. The minimum Gasteiger partial charge on any atom is -0.486 e. The molecular formula is C22H23N5O6S. The molecule has 11 nitrogen and oxygen atoms in total. The number of carbonyl (C=O) groups is 1. The molecule has 2 aromatic heterocycles. The zero-order valence-electron chi connectivity index (χ0n) is 18.2. The number of aromatic nitrogens is 2. The van der Waals surface area contributed by atoms with Gasteiger partial charge in [-0.2, -0.15) is 0 Å². The van der Waals surface area contributed by atoms with Crippen molar-refractivity contribution in [2.24, 2.45) is 0 Å². The second kappa shape index (κ2) is 9.03. The molecule has 178 valence electrons. The summed E-state index contributed by atoms with van der Waals surface area (Å²) in [5.74, 6) is 0.498. The standard InChI is InChI=1S/C22H23N5O6S/c28-20(29)22(24-6-3-14-1-2-16-17(11-14)33-9-8-32-16)5-7-26(18(12-22)27(30)31)21-23-13-15-4-10-34-19(15)25-21/h1-2,4,10-11,13,18,24H,3,5-9,12H2,(H,28,29). The summed E-state index contributed by atoms with van der Waals surface area (Å²) in [7, 11) is 0. The number of carboxylic acids is 1. The van der Waals surface area contributed by atoms with Gasteiger partial charge in [0.25, 0.3) is 6.17 Å². The van der Waals surface area contributed by atoms with Crippen LogP contribution < -0.4 is 19.7 Å². The molecule has 0 spiro atoms. The Labute approximate surface area is 198 Å². The van der Waals surface area contributed by atoms with Crippen molar-refractivity contribution in [1.82, 2.24) is 15.3 Å². The van der Waals surface area contributed by atoms with Crippen LogP contribution in [0.15, 0.2) is 35.8 Å². The van der Waals surface area contributed by atoms with Crippen LogP contribution in [0.25, 0.3) is 10.2 Å². The number of piperidine rings is 1. The van der Waals surface area contributed by atoms with Gasteiger partial charge in [0.1, 0.15) is 23.6 Å². The fourth-order valence-corrected chi connectivity index (χ4v) is 5.15. The fourth-order valence-electron chi connectivity index (χ4n) is 4.41. The molecule has 34 heavy (non-hydrogen) atoms. The Hall–Kier alpha value is -3.51. The monoisotopic (exact) mass is 485 g/mol. The highest BCUT2D eigenvalue weighted by atomic mass is 32.1. The zero-order valence-corrected chi connectivity index (χ0v) is 19.0. The van der Waals surface area contributed by atoms with Crippen LogP contribution in [0.5, 0.6) is 11.5 Å². The first-order valence-electron chi connectivity index (χ1n) is 10.9. The molecule has 2 N–H and O–H groups in total. The maximum absolute atomic E-state index is 12.3. The molecule has 1 aromatic carbocycles. The van der Waals surface area contributed by atoms with E-state index >= 15 is 0 Å². The van der Waals surface area contributed by atoms with E-state index < -0.39 is 22.6 Å². The molecule has 5 rings (SSSR count). The number of hydrogen-bond donors (Lipinski definition) is 2. The van der Waals surface area contributed by atoms with Crippen LogP contribution in [-0.4, -0.2) is 64.0 Å². The van der Waals surface area contributed by atoms with E-state index in [1.54, 1.807) is 6.20 Å². The molecule has 0 saturated carbocycles. The van der Waals surface area contributed by atoms with Gasteiger partial charge >= 0.3 is 5.97 Å². The minimum absolute atomic E-state index is 0.145. The number of benzene rings is 1. The van der Waals surface area contributed by atoms with E-state index in [4.69, 9.17) is 9.47 Å². The van der Waals surface area contributed by atoms with Gasteiger partial charge in [-0.25, -0.2) is 9.97 Å². The molecule has 4 heterocycles. The van der Waals surface area contributed by atoms with E-state index in [-0.39, 0.29) is 25.3 Å². The maximum atomic E-state index is 12.3. The quantitative estimate of drug-likeness (QED) is 0.378. The summed E-state index contributed by atoms with van der Waals surface area (Å²) in [4.78, 5) is 34.8. The molecular weight excluding hydrogens is 462 g/mol. The third-order valence-electron chi connectivity index (χ3n) is 6.26. The van der Waals surface area contributed by atoms with Crippen LogP contribution in [0.1, 0.15) is 18.4 Å². The third kappa shape index (κ3) is 4.21. The highest BCUT2D eigenvalue weighted by molar-refractivity contribution is 7.16. The number of thiophene rings is 1. The average molecular weight is 486 g/mol. The van der Waals surface area contributed by atoms with Crippen molar-refractivity contribution in [2.45, 2.75) is 31.0 Å². The van der Waals surface area contributed by atoms with Crippen molar-refractivity contribution in [1.29, 1.82) is 0 Å². The number of anilines is 1. The smallest absolute Gasteiger partial charge is 0.324 e. The van der Waals surface area contributed by atoms with Crippen LogP contribution in [0.2, 0.25) is 0 Å². The number of hydrogen-bond acceptors (Lipinski definition) is 10. The van der Waals surface area contributed by atoms with Crippen LogP contribution in [0, 0.1) is 10.1 Å². The number of nitro groups is 1. The van der Waals surface area contributed by atoms with Crippen molar-refractivity contribution < 1.29 is 24.3 Å². The van der Waals surface area contributed by atoms with E-state index in [1.807, 2.05) is 29.6 Å². The second-order valence-electron chi connectivity index (χ2n) is 8.31. The molecule has 3 aromatic rings. The Morgan fingerprint density at radius 2 is 2.15 bits per heavy atom. The van der Waals surface area contributed by atoms with Gasteiger partial charge in [-0.05, 0) is 42.0 Å². The fraction of sp³-hybridized carbons (Fsp3) is 0.409. The lowest BCUT2D eigenvalue weighted by Crippen LogP contribution is -2.63. The molecule has 0 radical (unpaired) electrons. The highest BCUT2D eigenvalue weighted by Crippen LogP contribution is 2.33. The van der Waals surface area contributed by atoms with Crippen LogP contribution >= 0.6 is 11.3 Å². The third-order valence-corrected chi connectivity index (χ3v) is 7.08. The molecule has 1 fully saturated rings. The summed E-state index contributed by atoms with van der Waals surface area (Å²) in [5, 5.41) is 27.9. The summed E-state index contributed by atoms with van der Waals surface area (Å²) < 4.78 is 11.1. The van der Waals surface area contributed by atoms with Crippen molar-refractivity contribution >= 4 is 33.5 Å². The first kappa shape index (κ1) is 22.3. The van der Waals surface area contributed by atoms with Crippen molar-refractivity contribution in [3.63, 3.8) is 0 Å². The number of carboxylic acid groups (broad SMARTS) is 1. The number of rotatable bonds is 7. The van der Waals surface area contributed by atoms with Crippen LogP contribution in [0.3, 0.4) is 0 Å². The SMILES string of the molecule is O=C(O)C1(NCCc2ccc3c(c2)OCCO3)CCN(c2ncc3ccsc3n2)C([N+](=O)[O-])C1. The van der Waals surface area contributed by atoms with E-state index in [2.05, 4.69) is 15.3 Å². The Morgan fingerprint density at radius 1 is 1.32 bits per heavy atom. The molecule has 0 amide bonds. The summed E-state index contributed by atoms with van der Waals surface area (Å²) >= 11 is 1.43. The lowest BCUT2D eigenvalue weighted by molar-refractivity contribution is -0.526. The number of nitrogens with zero attached hydrogens (tertiary/aromatic N) is 4. The van der Waals surface area contributed by atoms with Gasteiger partial charge in [0.05, 0.1) is 6.42 Å². The Balaban J connectivity index is 1.30. The minimum atomic E-state index is -1.42. The van der Waals surface area contributed by atoms with Gasteiger partial charge in [0.2, 0.25) is 5.95 Å². The van der Waals surface area contributed by atoms with E-state index in [9.17, 15) is 20.0 Å². The normalized spacial score (nSPS) is 22.0. The van der Waals surface area contributed by atoms with Gasteiger partial charge in [-0.15, -0.1) is 11.3 Å². The topological polar surface area (TPSA) is 140 Å². The van der Waals surface area contributed by atoms with Crippen LogP contribution in [0.4, 0.5) is 5.95 Å².